The molecule has 2 rings (SSSR count). The Kier molecular flexibility index (Phi) is 3.82. The number of hydrogen-bond acceptors (Lipinski definition) is 3. The maximum Gasteiger partial charge on any atom is 0.0991 e. The van der Waals surface area contributed by atoms with Crippen LogP contribution < -0.4 is 5.32 Å². The third-order valence-electron chi connectivity index (χ3n) is 4.17. The lowest BCUT2D eigenvalue weighted by atomic mass is 9.71. The van der Waals surface area contributed by atoms with E-state index in [4.69, 9.17) is 5.26 Å². The van der Waals surface area contributed by atoms with E-state index in [-0.39, 0.29) is 0 Å². The number of benzene rings is 1. The Morgan fingerprint density at radius 3 is 2.26 bits per heavy atom. The van der Waals surface area contributed by atoms with Gasteiger partial charge in [-0.3, -0.25) is 0 Å². The van der Waals surface area contributed by atoms with E-state index in [1.807, 2.05) is 12.1 Å². The number of hydrogen-bond donors (Lipinski definition) is 2. The van der Waals surface area contributed by atoms with Crippen LogP contribution >= 0.6 is 0 Å². The summed E-state index contributed by atoms with van der Waals surface area (Å²) in [5.74, 6) is 0. The molecule has 1 fully saturated rings. The van der Waals surface area contributed by atoms with E-state index in [0.29, 0.717) is 17.5 Å². The van der Waals surface area contributed by atoms with Crippen molar-refractivity contribution in [3.05, 3.63) is 29.8 Å². The molecule has 19 heavy (non-hydrogen) atoms. The quantitative estimate of drug-likeness (QED) is 0.874. The molecule has 1 aromatic rings. The topological polar surface area (TPSA) is 56.0 Å². The summed E-state index contributed by atoms with van der Waals surface area (Å²) in [5, 5.41) is 22.6. The number of anilines is 1. The van der Waals surface area contributed by atoms with E-state index >= 15 is 0 Å². The van der Waals surface area contributed by atoms with E-state index < -0.39 is 5.60 Å². The van der Waals surface area contributed by atoms with Crippen LogP contribution in [0, 0.1) is 16.7 Å². The third kappa shape index (κ3) is 3.71. The van der Waals surface area contributed by atoms with Crippen LogP contribution in [-0.4, -0.2) is 17.3 Å². The molecule has 0 unspecified atom stereocenters. The molecule has 0 spiro atoms. The Morgan fingerprint density at radius 2 is 1.74 bits per heavy atom. The summed E-state index contributed by atoms with van der Waals surface area (Å²) >= 11 is 0. The first kappa shape index (κ1) is 13.9. The number of rotatable bonds is 3. The Morgan fingerprint density at radius 1 is 1.16 bits per heavy atom. The smallest absolute Gasteiger partial charge is 0.0991 e. The summed E-state index contributed by atoms with van der Waals surface area (Å²) in [4.78, 5) is 0. The predicted octanol–water partition coefficient (Wildman–Crippen LogP) is 3.30. The van der Waals surface area contributed by atoms with Crippen molar-refractivity contribution in [3.8, 4) is 6.07 Å². The van der Waals surface area contributed by atoms with Crippen molar-refractivity contribution in [2.24, 2.45) is 5.41 Å². The highest BCUT2D eigenvalue weighted by Gasteiger charge is 2.36. The van der Waals surface area contributed by atoms with Gasteiger partial charge < -0.3 is 10.4 Å². The molecule has 3 nitrogen and oxygen atoms in total. The normalized spacial score (nSPS) is 20.5. The Labute approximate surface area is 115 Å². The maximum atomic E-state index is 10.6. The van der Waals surface area contributed by atoms with Crippen LogP contribution in [0.15, 0.2) is 24.3 Å². The minimum atomic E-state index is -0.594. The molecule has 1 saturated carbocycles. The highest BCUT2D eigenvalue weighted by atomic mass is 16.3. The summed E-state index contributed by atoms with van der Waals surface area (Å²) in [6.07, 6.45) is 3.84. The van der Waals surface area contributed by atoms with E-state index in [1.54, 1.807) is 12.1 Å². The molecule has 2 N–H and O–H groups in total. The lowest BCUT2D eigenvalue weighted by molar-refractivity contribution is -0.0145. The molecule has 0 bridgehead atoms. The summed E-state index contributed by atoms with van der Waals surface area (Å²) in [6.45, 7) is 5.11. The molecule has 0 amide bonds. The monoisotopic (exact) mass is 258 g/mol. The fourth-order valence-corrected chi connectivity index (χ4v) is 2.50. The van der Waals surface area contributed by atoms with Crippen LogP contribution in [0.5, 0.6) is 0 Å². The molecular weight excluding hydrogens is 236 g/mol. The van der Waals surface area contributed by atoms with Crippen molar-refractivity contribution in [1.29, 1.82) is 5.26 Å². The Hall–Kier alpha value is -1.53. The van der Waals surface area contributed by atoms with Crippen LogP contribution in [0.25, 0.3) is 0 Å². The van der Waals surface area contributed by atoms with Gasteiger partial charge in [0, 0.05) is 12.2 Å². The first-order chi connectivity index (χ1) is 8.92. The molecule has 0 saturated heterocycles. The Bertz CT molecular complexity index is 461. The second kappa shape index (κ2) is 5.22. The number of nitrogens with one attached hydrogen (secondary N) is 1. The van der Waals surface area contributed by atoms with Gasteiger partial charge in [-0.05, 0) is 55.4 Å². The molecule has 0 atom stereocenters. The van der Waals surface area contributed by atoms with Gasteiger partial charge in [-0.25, -0.2) is 0 Å². The van der Waals surface area contributed by atoms with Gasteiger partial charge in [0.05, 0.1) is 17.2 Å². The first-order valence-corrected chi connectivity index (χ1v) is 6.89. The van der Waals surface area contributed by atoms with E-state index in [2.05, 4.69) is 25.2 Å². The predicted molar refractivity (Wildman–Crippen MR) is 76.8 cm³/mol. The second-order valence-electron chi connectivity index (χ2n) is 6.43. The van der Waals surface area contributed by atoms with Gasteiger partial charge in [-0.2, -0.15) is 5.26 Å². The molecular formula is C16H22N2O. The highest BCUT2D eigenvalue weighted by molar-refractivity contribution is 5.47. The average molecular weight is 258 g/mol. The van der Waals surface area contributed by atoms with Gasteiger partial charge in [-0.15, -0.1) is 0 Å². The zero-order valence-corrected chi connectivity index (χ0v) is 11.7. The third-order valence-corrected chi connectivity index (χ3v) is 4.17. The Balaban J connectivity index is 1.89. The molecule has 1 aliphatic carbocycles. The summed E-state index contributed by atoms with van der Waals surface area (Å²) < 4.78 is 0. The lowest BCUT2D eigenvalue weighted by Crippen LogP contribution is -2.42. The minimum absolute atomic E-state index is 0.362. The fraction of sp³-hybridized carbons (Fsp3) is 0.562. The summed E-state index contributed by atoms with van der Waals surface area (Å²) in [7, 11) is 0. The van der Waals surface area contributed by atoms with Crippen molar-refractivity contribution < 1.29 is 5.11 Å². The van der Waals surface area contributed by atoms with Crippen molar-refractivity contribution in [1.82, 2.24) is 0 Å². The molecule has 3 heteroatoms. The molecule has 1 aromatic carbocycles. The maximum absolute atomic E-state index is 10.6. The van der Waals surface area contributed by atoms with Gasteiger partial charge in [0.1, 0.15) is 0 Å². The molecule has 0 aromatic heterocycles. The number of aliphatic hydroxyl groups is 1. The number of nitrogens with zero attached hydrogens (tertiary/aromatic N) is 1. The zero-order chi connectivity index (χ0) is 13.9. The zero-order valence-electron chi connectivity index (χ0n) is 11.7. The van der Waals surface area contributed by atoms with Gasteiger partial charge in [0.2, 0.25) is 0 Å². The van der Waals surface area contributed by atoms with Crippen molar-refractivity contribution >= 4 is 5.69 Å². The van der Waals surface area contributed by atoms with Crippen LogP contribution in [0.2, 0.25) is 0 Å². The van der Waals surface area contributed by atoms with Gasteiger partial charge in [0.15, 0.2) is 0 Å². The summed E-state index contributed by atoms with van der Waals surface area (Å²) in [6, 6.07) is 9.44. The second-order valence-corrected chi connectivity index (χ2v) is 6.43. The van der Waals surface area contributed by atoms with Crippen molar-refractivity contribution in [2.75, 3.05) is 11.9 Å². The highest BCUT2D eigenvalue weighted by Crippen LogP contribution is 2.40. The fourth-order valence-electron chi connectivity index (χ4n) is 2.50. The molecule has 0 aliphatic heterocycles. The molecule has 0 radical (unpaired) electrons. The largest absolute Gasteiger partial charge is 0.388 e. The molecule has 1 aliphatic rings. The minimum Gasteiger partial charge on any atom is -0.388 e. The van der Waals surface area contributed by atoms with Gasteiger partial charge >= 0.3 is 0 Å². The first-order valence-electron chi connectivity index (χ1n) is 6.89. The van der Waals surface area contributed by atoms with E-state index in [9.17, 15) is 5.11 Å². The summed E-state index contributed by atoms with van der Waals surface area (Å²) in [5.41, 5.74) is 1.38. The van der Waals surface area contributed by atoms with Crippen LogP contribution in [0.4, 0.5) is 5.69 Å². The van der Waals surface area contributed by atoms with Crippen LogP contribution in [0.1, 0.15) is 45.1 Å². The van der Waals surface area contributed by atoms with E-state index in [1.165, 1.54) is 0 Å². The SMILES string of the molecule is CC1(C)CCC(O)(CNc2ccc(C#N)cc2)CC1. The van der Waals surface area contributed by atoms with Crippen LogP contribution in [0.3, 0.4) is 0 Å². The van der Waals surface area contributed by atoms with Gasteiger partial charge in [-0.1, -0.05) is 13.8 Å². The standard InChI is InChI=1S/C16H22N2O/c1-15(2)7-9-16(19,10-8-15)12-18-14-5-3-13(11-17)4-6-14/h3-6,18-19H,7-10,12H2,1-2H3. The van der Waals surface area contributed by atoms with Crippen LogP contribution in [-0.2, 0) is 0 Å². The molecule has 102 valence electrons. The average Bonchev–Trinajstić information content (AvgIpc) is 2.41. The van der Waals surface area contributed by atoms with Gasteiger partial charge in [0.25, 0.3) is 0 Å². The van der Waals surface area contributed by atoms with Crippen molar-refractivity contribution in [3.63, 3.8) is 0 Å². The van der Waals surface area contributed by atoms with E-state index in [0.717, 1.165) is 31.4 Å². The van der Waals surface area contributed by atoms with Crippen molar-refractivity contribution in [2.45, 2.75) is 45.1 Å². The molecule has 0 heterocycles. The lowest BCUT2D eigenvalue weighted by Gasteiger charge is -2.40. The number of nitriles is 1.